The van der Waals surface area contributed by atoms with E-state index in [2.05, 4.69) is 33.6 Å². The molecule has 0 fully saturated rings. The van der Waals surface area contributed by atoms with Crippen molar-refractivity contribution in [2.75, 3.05) is 25.4 Å². The number of nitrogens with zero attached hydrogens (tertiary/aromatic N) is 1. The topological polar surface area (TPSA) is 215 Å². The molecule has 34 heavy (non-hydrogen) atoms. The number of guanidine groups is 1. The largest absolute Gasteiger partial charge is 0.480 e. The van der Waals surface area contributed by atoms with Crippen LogP contribution in [0.4, 0.5) is 0 Å². The number of thiol groups is 1. The van der Waals surface area contributed by atoms with E-state index in [1.807, 2.05) is 0 Å². The average Bonchev–Trinajstić information content (AvgIpc) is 2.78. The molecule has 13 heteroatoms. The van der Waals surface area contributed by atoms with Crippen LogP contribution in [-0.2, 0) is 19.2 Å². The van der Waals surface area contributed by atoms with Gasteiger partial charge in [-0.1, -0.05) is 12.8 Å². The number of hydrogen-bond acceptors (Lipinski definition) is 7. The van der Waals surface area contributed by atoms with E-state index in [9.17, 15) is 19.2 Å². The van der Waals surface area contributed by atoms with Gasteiger partial charge in [-0.25, -0.2) is 4.79 Å². The highest BCUT2D eigenvalue weighted by Gasteiger charge is 2.17. The third-order valence-electron chi connectivity index (χ3n) is 4.90. The maximum atomic E-state index is 11.9. The van der Waals surface area contributed by atoms with E-state index in [-0.39, 0.29) is 35.9 Å². The molecule has 0 aliphatic heterocycles. The SMILES string of the molecule is NC(N)=NCCC[C@H](N)C(=O)NCCCCCC(=O)NCCCCCC(=O)N[C@@H](CS)C(=O)O. The average molecular weight is 504 g/mol. The summed E-state index contributed by atoms with van der Waals surface area (Å²) in [7, 11) is 0. The van der Waals surface area contributed by atoms with Crippen LogP contribution in [0.2, 0.25) is 0 Å². The fourth-order valence-electron chi connectivity index (χ4n) is 2.94. The highest BCUT2D eigenvalue weighted by Crippen LogP contribution is 2.02. The molecule has 0 aliphatic carbocycles. The van der Waals surface area contributed by atoms with Crippen LogP contribution >= 0.6 is 12.6 Å². The minimum Gasteiger partial charge on any atom is -0.480 e. The summed E-state index contributed by atoms with van der Waals surface area (Å²) in [5.74, 6) is -1.59. The summed E-state index contributed by atoms with van der Waals surface area (Å²) in [5.41, 5.74) is 16.3. The number of carbonyl (C=O) groups is 4. The number of aliphatic imine (C=N–C) groups is 1. The van der Waals surface area contributed by atoms with Gasteiger partial charge in [0.1, 0.15) is 6.04 Å². The third-order valence-corrected chi connectivity index (χ3v) is 5.27. The van der Waals surface area contributed by atoms with Gasteiger partial charge in [-0.3, -0.25) is 19.4 Å². The molecule has 0 rings (SSSR count). The monoisotopic (exact) mass is 503 g/mol. The summed E-state index contributed by atoms with van der Waals surface area (Å²) in [6, 6.07) is -1.57. The lowest BCUT2D eigenvalue weighted by Crippen LogP contribution is -2.42. The van der Waals surface area contributed by atoms with Crippen LogP contribution in [0.1, 0.15) is 64.2 Å². The van der Waals surface area contributed by atoms with Gasteiger partial charge in [0.05, 0.1) is 6.04 Å². The molecule has 0 spiro atoms. The van der Waals surface area contributed by atoms with Crippen LogP contribution in [0.15, 0.2) is 4.99 Å². The summed E-state index contributed by atoms with van der Waals surface area (Å²) in [5, 5.41) is 16.9. The second kappa shape index (κ2) is 19.9. The van der Waals surface area contributed by atoms with Gasteiger partial charge in [-0.2, -0.15) is 12.6 Å². The van der Waals surface area contributed by atoms with Crippen molar-refractivity contribution in [3.63, 3.8) is 0 Å². The Morgan fingerprint density at radius 3 is 2.00 bits per heavy atom. The number of rotatable bonds is 20. The molecular formula is C21H41N7O5S. The summed E-state index contributed by atoms with van der Waals surface area (Å²) >= 11 is 3.89. The van der Waals surface area contributed by atoms with Crippen molar-refractivity contribution in [2.45, 2.75) is 76.3 Å². The van der Waals surface area contributed by atoms with Crippen LogP contribution in [-0.4, -0.2) is 72.2 Å². The molecule has 0 aromatic heterocycles. The highest BCUT2D eigenvalue weighted by atomic mass is 32.1. The maximum Gasteiger partial charge on any atom is 0.327 e. The van der Waals surface area contributed by atoms with Gasteiger partial charge >= 0.3 is 5.97 Å². The standard InChI is InChI=1S/C21H41N7O5S/c22-15(8-7-13-27-21(23)24)19(31)26-12-6-1-3-9-17(29)25-11-5-2-4-10-18(30)28-16(14-34)20(32)33/h15-16,34H,1-14,22H2,(H,25,29)(H,26,31)(H,28,30)(H,32,33)(H4,23,24,27)/t15-,16-/m0/s1. The predicted molar refractivity (Wildman–Crippen MR) is 134 cm³/mol. The second-order valence-corrected chi connectivity index (χ2v) is 8.32. The molecule has 0 aromatic rings. The molecule has 0 aliphatic rings. The zero-order valence-electron chi connectivity index (χ0n) is 19.8. The first kappa shape index (κ1) is 31.5. The molecule has 2 atom stereocenters. The Labute approximate surface area is 206 Å². The number of carboxylic acid groups (broad SMARTS) is 1. The lowest BCUT2D eigenvalue weighted by atomic mass is 10.1. The quantitative estimate of drug-likeness (QED) is 0.0455. The fraction of sp³-hybridized carbons (Fsp3) is 0.762. The molecule has 0 heterocycles. The fourth-order valence-corrected chi connectivity index (χ4v) is 3.18. The molecule has 196 valence electrons. The Kier molecular flexibility index (Phi) is 18.4. The van der Waals surface area contributed by atoms with Crippen molar-refractivity contribution in [3.05, 3.63) is 0 Å². The van der Waals surface area contributed by atoms with Crippen molar-refractivity contribution >= 4 is 42.3 Å². The van der Waals surface area contributed by atoms with Crippen LogP contribution < -0.4 is 33.2 Å². The Bertz CT molecular complexity index is 659. The van der Waals surface area contributed by atoms with E-state index in [0.717, 1.165) is 32.1 Å². The van der Waals surface area contributed by atoms with Crippen molar-refractivity contribution in [3.8, 4) is 0 Å². The van der Waals surface area contributed by atoms with Crippen LogP contribution in [0.25, 0.3) is 0 Å². The number of aliphatic carboxylic acids is 1. The summed E-state index contributed by atoms with van der Waals surface area (Å²) in [4.78, 5) is 50.1. The molecule has 10 N–H and O–H groups in total. The van der Waals surface area contributed by atoms with Gasteiger partial charge in [0, 0.05) is 38.2 Å². The van der Waals surface area contributed by atoms with Crippen molar-refractivity contribution in [1.29, 1.82) is 0 Å². The minimum absolute atomic E-state index is 0.0202. The third kappa shape index (κ3) is 18.0. The normalized spacial score (nSPS) is 12.3. The van der Waals surface area contributed by atoms with E-state index in [1.165, 1.54) is 0 Å². The lowest BCUT2D eigenvalue weighted by molar-refractivity contribution is -0.141. The van der Waals surface area contributed by atoms with E-state index in [0.29, 0.717) is 45.3 Å². The second-order valence-electron chi connectivity index (χ2n) is 7.96. The first-order valence-corrected chi connectivity index (χ1v) is 12.3. The molecule has 0 bridgehead atoms. The van der Waals surface area contributed by atoms with Crippen LogP contribution in [0.5, 0.6) is 0 Å². The summed E-state index contributed by atoms with van der Waals surface area (Å²) in [6.45, 7) is 1.48. The van der Waals surface area contributed by atoms with Crippen molar-refractivity contribution < 1.29 is 24.3 Å². The molecule has 0 saturated heterocycles. The Morgan fingerprint density at radius 2 is 1.44 bits per heavy atom. The van der Waals surface area contributed by atoms with Gasteiger partial charge in [-0.05, 0) is 38.5 Å². The number of carboxylic acids is 1. The van der Waals surface area contributed by atoms with Crippen molar-refractivity contribution in [2.24, 2.45) is 22.2 Å². The Morgan fingerprint density at radius 1 is 0.853 bits per heavy atom. The predicted octanol–water partition coefficient (Wildman–Crippen LogP) is -0.780. The molecule has 0 radical (unpaired) electrons. The smallest absolute Gasteiger partial charge is 0.327 e. The Balaban J connectivity index is 3.62. The van der Waals surface area contributed by atoms with Gasteiger partial charge in [0.25, 0.3) is 0 Å². The Hall–Kier alpha value is -2.54. The van der Waals surface area contributed by atoms with E-state index in [1.54, 1.807) is 0 Å². The number of nitrogens with one attached hydrogen (secondary N) is 3. The van der Waals surface area contributed by atoms with Gasteiger partial charge in [0.15, 0.2) is 5.96 Å². The summed E-state index contributed by atoms with van der Waals surface area (Å²) < 4.78 is 0. The molecular weight excluding hydrogens is 462 g/mol. The zero-order valence-corrected chi connectivity index (χ0v) is 20.7. The van der Waals surface area contributed by atoms with E-state index in [4.69, 9.17) is 22.3 Å². The number of nitrogens with two attached hydrogens (primary N) is 3. The number of hydrogen-bond donors (Lipinski definition) is 8. The molecule has 12 nitrogen and oxygen atoms in total. The van der Waals surface area contributed by atoms with Gasteiger partial charge in [0.2, 0.25) is 17.7 Å². The van der Waals surface area contributed by atoms with Crippen LogP contribution in [0, 0.1) is 0 Å². The highest BCUT2D eigenvalue weighted by molar-refractivity contribution is 7.80. The number of amides is 3. The lowest BCUT2D eigenvalue weighted by Gasteiger charge is -2.12. The van der Waals surface area contributed by atoms with E-state index < -0.39 is 18.1 Å². The number of carbonyl (C=O) groups excluding carboxylic acids is 3. The first-order valence-electron chi connectivity index (χ1n) is 11.7. The van der Waals surface area contributed by atoms with Crippen LogP contribution in [0.3, 0.4) is 0 Å². The van der Waals surface area contributed by atoms with E-state index >= 15 is 0 Å². The number of unbranched alkanes of at least 4 members (excludes halogenated alkanes) is 4. The first-order chi connectivity index (χ1) is 16.2. The van der Waals surface area contributed by atoms with Gasteiger partial charge in [-0.15, -0.1) is 0 Å². The molecule has 0 saturated carbocycles. The molecule has 3 amide bonds. The molecule has 0 unspecified atom stereocenters. The minimum atomic E-state index is -1.10. The zero-order chi connectivity index (χ0) is 25.8. The van der Waals surface area contributed by atoms with Crippen molar-refractivity contribution in [1.82, 2.24) is 16.0 Å². The van der Waals surface area contributed by atoms with Gasteiger partial charge < -0.3 is 38.3 Å². The molecule has 0 aromatic carbocycles. The maximum absolute atomic E-state index is 11.9. The summed E-state index contributed by atoms with van der Waals surface area (Å²) in [6.07, 6.45) is 6.19.